The van der Waals surface area contributed by atoms with Crippen molar-refractivity contribution in [2.45, 2.75) is 97.4 Å². The molecule has 0 aliphatic rings. The average molecular weight is 508 g/mol. The Morgan fingerprint density at radius 3 is 1.78 bits per heavy atom. The van der Waals surface area contributed by atoms with E-state index in [1.165, 1.54) is 12.1 Å². The first-order chi connectivity index (χ1) is 16.1. The van der Waals surface area contributed by atoms with E-state index in [9.17, 15) is 24.6 Å². The molecule has 1 rings (SSSR count). The van der Waals surface area contributed by atoms with E-state index in [4.69, 9.17) is 17.2 Å². The van der Waals surface area contributed by atoms with Crippen LogP contribution in [0.2, 0.25) is 0 Å². The predicted octanol–water partition coefficient (Wildman–Crippen LogP) is 1.23. The second-order valence-electron chi connectivity index (χ2n) is 12.3. The maximum atomic E-state index is 13.5. The molecule has 0 bridgehead atoms. The van der Waals surface area contributed by atoms with E-state index in [-0.39, 0.29) is 18.6 Å². The lowest BCUT2D eigenvalue weighted by Crippen LogP contribution is -2.69. The van der Waals surface area contributed by atoms with Crippen molar-refractivity contribution in [1.82, 2.24) is 10.6 Å². The molecule has 0 saturated carbocycles. The fraction of sp³-hybridized carbons (Fsp3) is 0.654. The molecule has 2 amide bonds. The van der Waals surface area contributed by atoms with Gasteiger partial charge in [0.1, 0.15) is 17.8 Å². The summed E-state index contributed by atoms with van der Waals surface area (Å²) in [5.74, 6) is -1.96. The summed E-state index contributed by atoms with van der Waals surface area (Å²) >= 11 is 0. The third-order valence-corrected chi connectivity index (χ3v) is 6.39. The molecule has 0 fully saturated rings. The van der Waals surface area contributed by atoms with Crippen LogP contribution in [-0.2, 0) is 20.8 Å². The van der Waals surface area contributed by atoms with Gasteiger partial charge in [0.25, 0.3) is 0 Å². The van der Waals surface area contributed by atoms with Gasteiger partial charge in [-0.3, -0.25) is 14.4 Å². The number of rotatable bonds is 12. The summed E-state index contributed by atoms with van der Waals surface area (Å²) in [6, 6.07) is 3.57. The Labute approximate surface area is 214 Å². The smallest absolute Gasteiger partial charge is 0.321 e. The first-order valence-corrected chi connectivity index (χ1v) is 12.0. The number of carboxylic acid groups (broad SMARTS) is 1. The maximum Gasteiger partial charge on any atom is 0.321 e. The minimum Gasteiger partial charge on any atom is -0.508 e. The van der Waals surface area contributed by atoms with E-state index in [2.05, 4.69) is 10.6 Å². The summed E-state index contributed by atoms with van der Waals surface area (Å²) in [5, 5.41) is 24.7. The summed E-state index contributed by atoms with van der Waals surface area (Å²) in [6.07, 6.45) is 0.315. The van der Waals surface area contributed by atoms with Gasteiger partial charge < -0.3 is 38.0 Å². The molecule has 0 aliphatic carbocycles. The van der Waals surface area contributed by atoms with Crippen molar-refractivity contribution in [3.63, 3.8) is 0 Å². The van der Waals surface area contributed by atoms with Crippen LogP contribution < -0.4 is 27.8 Å². The highest BCUT2D eigenvalue weighted by atomic mass is 16.4. The zero-order valence-electron chi connectivity index (χ0n) is 22.8. The van der Waals surface area contributed by atoms with Crippen LogP contribution in [0.3, 0.4) is 0 Å². The van der Waals surface area contributed by atoms with Crippen LogP contribution in [0, 0.1) is 10.8 Å². The van der Waals surface area contributed by atoms with Crippen LogP contribution in [-0.4, -0.2) is 57.2 Å². The van der Waals surface area contributed by atoms with Crippen LogP contribution in [0.4, 0.5) is 0 Å². The number of carbonyl (C=O) groups is 3. The predicted molar refractivity (Wildman–Crippen MR) is 140 cm³/mol. The summed E-state index contributed by atoms with van der Waals surface area (Å²) in [7, 11) is 0. The lowest BCUT2D eigenvalue weighted by atomic mass is 9.70. The van der Waals surface area contributed by atoms with Crippen LogP contribution in [0.25, 0.3) is 0 Å². The molecule has 0 heterocycles. The molecule has 0 radical (unpaired) electrons. The molecule has 36 heavy (non-hydrogen) atoms. The van der Waals surface area contributed by atoms with Gasteiger partial charge in [-0.1, -0.05) is 39.8 Å². The average Bonchev–Trinajstić information content (AvgIpc) is 2.69. The molecule has 0 saturated heterocycles. The Hall–Kier alpha value is -2.69. The fourth-order valence-corrected chi connectivity index (χ4v) is 4.67. The molecule has 10 heteroatoms. The van der Waals surface area contributed by atoms with Gasteiger partial charge in [-0.05, 0) is 57.2 Å². The van der Waals surface area contributed by atoms with Crippen molar-refractivity contribution in [1.29, 1.82) is 0 Å². The number of aromatic hydroxyl groups is 1. The minimum absolute atomic E-state index is 0.0803. The summed E-state index contributed by atoms with van der Waals surface area (Å²) in [5.41, 5.74) is 15.6. The van der Waals surface area contributed by atoms with Crippen LogP contribution >= 0.6 is 0 Å². The van der Waals surface area contributed by atoms with Gasteiger partial charge in [0.05, 0.1) is 6.04 Å². The van der Waals surface area contributed by atoms with Gasteiger partial charge in [-0.25, -0.2) is 0 Å². The molecular formula is C26H45N5O5. The second-order valence-corrected chi connectivity index (χ2v) is 12.3. The first-order valence-electron chi connectivity index (χ1n) is 12.0. The van der Waals surface area contributed by atoms with E-state index in [1.807, 2.05) is 0 Å². The Morgan fingerprint density at radius 2 is 1.36 bits per heavy atom. The lowest BCUT2D eigenvalue weighted by Gasteiger charge is -2.41. The van der Waals surface area contributed by atoms with Gasteiger partial charge in [0.2, 0.25) is 11.8 Å². The van der Waals surface area contributed by atoms with Crippen molar-refractivity contribution in [2.24, 2.45) is 28.0 Å². The van der Waals surface area contributed by atoms with Crippen LogP contribution in [0.5, 0.6) is 5.75 Å². The Bertz CT molecular complexity index is 916. The number of aliphatic carboxylic acids is 1. The fourth-order valence-electron chi connectivity index (χ4n) is 4.67. The number of carbonyl (C=O) groups excluding carboxylic acids is 2. The van der Waals surface area contributed by atoms with Gasteiger partial charge in [0.15, 0.2) is 0 Å². The molecule has 2 unspecified atom stereocenters. The number of phenols is 1. The van der Waals surface area contributed by atoms with Crippen molar-refractivity contribution in [3.8, 4) is 5.75 Å². The Balaban J connectivity index is 3.26. The zero-order valence-corrected chi connectivity index (χ0v) is 22.8. The highest BCUT2D eigenvalue weighted by Gasteiger charge is 2.42. The molecule has 0 aromatic heterocycles. The number of hydrogen-bond acceptors (Lipinski definition) is 7. The molecule has 204 valence electrons. The third kappa shape index (κ3) is 8.76. The lowest BCUT2D eigenvalue weighted by molar-refractivity contribution is -0.143. The topological polar surface area (TPSA) is 194 Å². The number of phenolic OH excluding ortho intramolecular Hbond substituents is 1. The molecule has 2 atom stereocenters. The highest BCUT2D eigenvalue weighted by molar-refractivity contribution is 5.90. The summed E-state index contributed by atoms with van der Waals surface area (Å²) < 4.78 is 0. The number of benzene rings is 1. The largest absolute Gasteiger partial charge is 0.508 e. The van der Waals surface area contributed by atoms with Crippen molar-refractivity contribution in [3.05, 3.63) is 29.8 Å². The molecule has 10 nitrogen and oxygen atoms in total. The van der Waals surface area contributed by atoms with Gasteiger partial charge in [-0.15, -0.1) is 0 Å². The molecule has 1 aromatic carbocycles. The molecule has 10 N–H and O–H groups in total. The van der Waals surface area contributed by atoms with E-state index in [1.54, 1.807) is 67.5 Å². The van der Waals surface area contributed by atoms with E-state index in [0.717, 1.165) is 5.56 Å². The summed E-state index contributed by atoms with van der Waals surface area (Å²) in [4.78, 5) is 38.3. The van der Waals surface area contributed by atoms with Gasteiger partial charge >= 0.3 is 5.97 Å². The van der Waals surface area contributed by atoms with Gasteiger partial charge in [0, 0.05) is 22.9 Å². The molecule has 1 aromatic rings. The number of hydrogen-bond donors (Lipinski definition) is 7. The normalized spacial score (nSPS) is 14.8. The van der Waals surface area contributed by atoms with E-state index >= 15 is 0 Å². The van der Waals surface area contributed by atoms with Crippen LogP contribution in [0.15, 0.2) is 24.3 Å². The molecule has 0 spiro atoms. The van der Waals surface area contributed by atoms with E-state index < -0.39 is 57.8 Å². The zero-order chi connectivity index (χ0) is 28.3. The summed E-state index contributed by atoms with van der Waals surface area (Å²) in [6.45, 7) is 13.8. The standard InChI is InChI=1S/C26H45N5O5/c1-23(2,18(27)20(34)35)14-24(3,4)22(36)30-17(13-15-9-11-16(32)12-10-15)19(33)31-21(25(5,6)28)26(7,8)29/h9-12,17-18,21,32H,13-14,27-29H2,1-8H3,(H,30,36)(H,31,33)(H,34,35). The van der Waals surface area contributed by atoms with Gasteiger partial charge in [-0.2, -0.15) is 0 Å². The molecule has 0 aliphatic heterocycles. The highest BCUT2D eigenvalue weighted by Crippen LogP contribution is 2.36. The van der Waals surface area contributed by atoms with E-state index in [0.29, 0.717) is 0 Å². The second kappa shape index (κ2) is 11.1. The molecular weight excluding hydrogens is 462 g/mol. The quantitative estimate of drug-likeness (QED) is 0.219. The first kappa shape index (κ1) is 31.3. The number of nitrogens with two attached hydrogens (primary N) is 3. The van der Waals surface area contributed by atoms with Crippen molar-refractivity contribution < 1.29 is 24.6 Å². The number of carboxylic acids is 1. The van der Waals surface area contributed by atoms with Crippen LogP contribution in [0.1, 0.15) is 67.4 Å². The maximum absolute atomic E-state index is 13.5. The SMILES string of the molecule is CC(C)(CC(C)(C)C(N)C(=O)O)C(=O)NC(Cc1ccc(O)cc1)C(=O)NC(C(C)(C)N)C(C)(C)N. The number of amides is 2. The third-order valence-electron chi connectivity index (χ3n) is 6.39. The number of nitrogens with one attached hydrogen (secondary N) is 2. The Morgan fingerprint density at radius 1 is 0.889 bits per heavy atom. The Kier molecular flexibility index (Phi) is 9.70. The monoisotopic (exact) mass is 507 g/mol. The van der Waals surface area contributed by atoms with Crippen molar-refractivity contribution in [2.75, 3.05) is 0 Å². The minimum atomic E-state index is -1.17. The van der Waals surface area contributed by atoms with Crippen molar-refractivity contribution >= 4 is 17.8 Å².